The number of para-hydroxylation sites is 2. The molecule has 0 aromatic heterocycles. The Morgan fingerprint density at radius 1 is 0.474 bits per heavy atom. The topological polar surface area (TPSA) is 288 Å². The van der Waals surface area contributed by atoms with E-state index in [4.69, 9.17) is 47.4 Å². The SMILES string of the molecule is CCCOc1c2cccc1Cc1cc(CO[C@@]3(C(=O)OC)O[C@H](CO)[C@H](O)[C@H](O)[C@H]3O)cc(c1OCCC)Cc1cccc(c1OCCC)Cc1cc(CO[C@@]3(C(=O)OC)O[C@H](CO)[C@H](O)[C@H](O)[C@H]3O)cc(c1OCCC)C2. The van der Waals surface area contributed by atoms with Crippen molar-refractivity contribution in [3.05, 3.63) is 116 Å². The van der Waals surface area contributed by atoms with Crippen LogP contribution in [-0.4, -0.2) is 167 Å². The van der Waals surface area contributed by atoms with Crippen molar-refractivity contribution >= 4 is 11.9 Å². The van der Waals surface area contributed by atoms with Crippen LogP contribution in [0.2, 0.25) is 0 Å². The molecule has 1 aliphatic carbocycles. The summed E-state index contributed by atoms with van der Waals surface area (Å²) in [5.41, 5.74) is 6.97. The lowest BCUT2D eigenvalue weighted by Gasteiger charge is -2.45. The highest BCUT2D eigenvalue weighted by atomic mass is 16.8. The molecule has 428 valence electrons. The van der Waals surface area contributed by atoms with Crippen LogP contribution in [0.3, 0.4) is 0 Å². The van der Waals surface area contributed by atoms with Gasteiger partial charge in [-0.25, -0.2) is 9.59 Å². The second-order valence-electron chi connectivity index (χ2n) is 19.8. The molecule has 4 aromatic carbocycles. The number of methoxy groups -OCH3 is 2. The van der Waals surface area contributed by atoms with Crippen molar-refractivity contribution in [1.82, 2.24) is 0 Å². The van der Waals surface area contributed by atoms with Gasteiger partial charge in [0.25, 0.3) is 11.6 Å². The van der Waals surface area contributed by atoms with Gasteiger partial charge in [0, 0.05) is 25.7 Å². The molecule has 0 unspecified atom stereocenters. The summed E-state index contributed by atoms with van der Waals surface area (Å²) in [5, 5.41) is 86.0. The molecule has 0 amide bonds. The van der Waals surface area contributed by atoms with Crippen LogP contribution in [0.15, 0.2) is 60.7 Å². The number of ether oxygens (including phenoxy) is 10. The third-order valence-electron chi connectivity index (χ3n) is 14.0. The molecule has 0 saturated carbocycles. The number of hydrogen-bond acceptors (Lipinski definition) is 20. The smallest absolute Gasteiger partial charge is 0.369 e. The summed E-state index contributed by atoms with van der Waals surface area (Å²) in [4.78, 5) is 27.1. The van der Waals surface area contributed by atoms with Gasteiger partial charge in [-0.15, -0.1) is 0 Å². The zero-order valence-corrected chi connectivity index (χ0v) is 45.2. The van der Waals surface area contributed by atoms with E-state index in [1.807, 2.05) is 88.4 Å². The van der Waals surface area contributed by atoms with E-state index in [1.54, 1.807) is 0 Å². The lowest BCUT2D eigenvalue weighted by molar-refractivity contribution is -0.355. The maximum Gasteiger partial charge on any atom is 0.369 e. The van der Waals surface area contributed by atoms with Crippen LogP contribution in [0.4, 0.5) is 0 Å². The van der Waals surface area contributed by atoms with E-state index in [0.717, 1.165) is 36.5 Å². The number of rotatable bonds is 22. The molecular formula is C58H76O20. The summed E-state index contributed by atoms with van der Waals surface area (Å²) in [5.74, 6) is -5.31. The van der Waals surface area contributed by atoms with Gasteiger partial charge in [-0.3, -0.25) is 0 Å². The Balaban J connectivity index is 1.44. The fourth-order valence-electron chi connectivity index (χ4n) is 10.2. The van der Waals surface area contributed by atoms with Gasteiger partial charge in [-0.05, 0) is 106 Å². The van der Waals surface area contributed by atoms with Gasteiger partial charge < -0.3 is 88.2 Å². The summed E-state index contributed by atoms with van der Waals surface area (Å²) in [7, 11) is 2.11. The highest BCUT2D eigenvalue weighted by Gasteiger charge is 2.61. The van der Waals surface area contributed by atoms with Gasteiger partial charge in [0.05, 0.1) is 67.1 Å². The number of esters is 2. The molecule has 8 N–H and O–H groups in total. The van der Waals surface area contributed by atoms with E-state index in [2.05, 4.69) is 0 Å². The maximum atomic E-state index is 13.5. The Labute approximate surface area is 454 Å². The van der Waals surface area contributed by atoms with E-state index in [9.17, 15) is 50.4 Å². The molecule has 2 heterocycles. The summed E-state index contributed by atoms with van der Waals surface area (Å²) in [6, 6.07) is 19.1. The number of aliphatic hydroxyl groups is 8. The minimum absolute atomic E-state index is 0.246. The molecule has 4 aromatic rings. The number of carbonyl (C=O) groups excluding carboxylic acids is 2. The average molecular weight is 1090 g/mol. The minimum Gasteiger partial charge on any atom is -0.493 e. The second-order valence-corrected chi connectivity index (χ2v) is 19.8. The van der Waals surface area contributed by atoms with Crippen molar-refractivity contribution in [2.45, 2.75) is 153 Å². The molecule has 0 spiro atoms. The summed E-state index contributed by atoms with van der Waals surface area (Å²) in [6.45, 7) is 7.03. The Morgan fingerprint density at radius 2 is 0.756 bits per heavy atom. The molecule has 2 fully saturated rings. The third kappa shape index (κ3) is 12.6. The van der Waals surface area contributed by atoms with E-state index >= 15 is 0 Å². The predicted molar refractivity (Wildman–Crippen MR) is 279 cm³/mol. The maximum absolute atomic E-state index is 13.5. The number of hydrogen-bond donors (Lipinski definition) is 8. The molecule has 3 aliphatic rings. The van der Waals surface area contributed by atoms with Crippen molar-refractivity contribution in [2.24, 2.45) is 0 Å². The van der Waals surface area contributed by atoms with Crippen molar-refractivity contribution in [2.75, 3.05) is 53.9 Å². The molecule has 8 bridgehead atoms. The van der Waals surface area contributed by atoms with E-state index < -0.39 is 98.8 Å². The Hall–Kier alpha value is -5.46. The highest BCUT2D eigenvalue weighted by Crippen LogP contribution is 2.42. The Bertz CT molecular complexity index is 2390. The van der Waals surface area contributed by atoms with Crippen molar-refractivity contribution in [3.63, 3.8) is 0 Å². The zero-order valence-electron chi connectivity index (χ0n) is 45.2. The fraction of sp³-hybridized carbons (Fsp3) is 0.552. The summed E-state index contributed by atoms with van der Waals surface area (Å²) in [6.07, 6.45) is -11.0. The largest absolute Gasteiger partial charge is 0.493 e. The van der Waals surface area contributed by atoms with Crippen molar-refractivity contribution in [1.29, 1.82) is 0 Å². The molecule has 20 heteroatoms. The second kappa shape index (κ2) is 27.1. The van der Waals surface area contributed by atoms with Crippen molar-refractivity contribution in [3.8, 4) is 23.0 Å². The van der Waals surface area contributed by atoms with Gasteiger partial charge in [-0.1, -0.05) is 64.1 Å². The van der Waals surface area contributed by atoms with Gasteiger partial charge in [0.2, 0.25) is 0 Å². The van der Waals surface area contributed by atoms with Gasteiger partial charge in [-0.2, -0.15) is 0 Å². The molecule has 7 rings (SSSR count). The van der Waals surface area contributed by atoms with Gasteiger partial charge in [0.15, 0.2) is 0 Å². The number of fused-ring (bicyclic) bond motifs is 8. The third-order valence-corrected chi connectivity index (χ3v) is 14.0. The standard InChI is InChI=1S/C58H76O20/c1-7-17-71-49-35-13-11-14-36(49)26-40-22-34(32-76-58(56(68)70-6)54(66)48(64)46(62)44(30-60)78-58)24-42(52(40)74-20-10-4)28-38-16-12-15-37(50(38)72-18-8-2)27-41-23-33(21-39(25-35)51(41)73-19-9-3)31-75-57(55(67)69-5)53(65)47(63)45(61)43(29-59)77-57/h11-16,21-24,43-48,53-54,59-66H,7-10,17-20,25-32H2,1-6H3/t43-,44-,45+,46+,47+,48+,53-,54-,57-,58-/m1/s1. The molecule has 2 aliphatic heterocycles. The molecule has 2 saturated heterocycles. The highest BCUT2D eigenvalue weighted by molar-refractivity contribution is 5.79. The molecule has 0 radical (unpaired) electrons. The first-order valence-electron chi connectivity index (χ1n) is 26.7. The summed E-state index contributed by atoms with van der Waals surface area (Å²) < 4.78 is 60.8. The van der Waals surface area contributed by atoms with Crippen LogP contribution >= 0.6 is 0 Å². The lowest BCUT2D eigenvalue weighted by Crippen LogP contribution is -2.69. The Kier molecular flexibility index (Phi) is 20.9. The first kappa shape index (κ1) is 60.2. The van der Waals surface area contributed by atoms with Crippen molar-refractivity contribution < 1.29 is 97.8 Å². The number of carbonyl (C=O) groups is 2. The van der Waals surface area contributed by atoms with Gasteiger partial charge >= 0.3 is 11.9 Å². The zero-order chi connectivity index (χ0) is 56.3. The molecular weight excluding hydrogens is 1020 g/mol. The van der Waals surface area contributed by atoms with Crippen LogP contribution in [0, 0.1) is 0 Å². The lowest BCUT2D eigenvalue weighted by atomic mass is 9.89. The first-order chi connectivity index (χ1) is 37.6. The minimum atomic E-state index is -2.65. The Morgan fingerprint density at radius 3 is 1.01 bits per heavy atom. The van der Waals surface area contributed by atoms with Crippen LogP contribution in [0.25, 0.3) is 0 Å². The molecule has 78 heavy (non-hydrogen) atoms. The number of benzene rings is 4. The van der Waals surface area contributed by atoms with Crippen LogP contribution < -0.4 is 18.9 Å². The van der Waals surface area contributed by atoms with Gasteiger partial charge in [0.1, 0.15) is 71.8 Å². The van der Waals surface area contributed by atoms with Crippen LogP contribution in [0.5, 0.6) is 23.0 Å². The normalized spacial score (nSPS) is 25.9. The monoisotopic (exact) mass is 1090 g/mol. The number of aliphatic hydroxyl groups excluding tert-OH is 8. The van der Waals surface area contributed by atoms with Crippen LogP contribution in [0.1, 0.15) is 109 Å². The van der Waals surface area contributed by atoms with E-state index in [0.29, 0.717) is 108 Å². The van der Waals surface area contributed by atoms with E-state index in [1.165, 1.54) is 0 Å². The average Bonchev–Trinajstić information content (AvgIpc) is 3.55. The fourth-order valence-corrected chi connectivity index (χ4v) is 10.2. The molecule has 20 nitrogen and oxygen atoms in total. The predicted octanol–water partition coefficient (Wildman–Crippen LogP) is 3.24. The first-order valence-corrected chi connectivity index (χ1v) is 26.7. The summed E-state index contributed by atoms with van der Waals surface area (Å²) >= 11 is 0. The quantitative estimate of drug-likeness (QED) is 0.0462. The van der Waals surface area contributed by atoms with E-state index in [-0.39, 0.29) is 25.7 Å². The van der Waals surface area contributed by atoms with Crippen LogP contribution in [-0.2, 0) is 76.9 Å². The molecule has 10 atom stereocenters.